The summed E-state index contributed by atoms with van der Waals surface area (Å²) in [4.78, 5) is 11.8. The molecular weight excluding hydrogens is 200 g/mol. The Morgan fingerprint density at radius 3 is 2.62 bits per heavy atom. The molecule has 1 saturated heterocycles. The van der Waals surface area contributed by atoms with Crippen LogP contribution in [0.4, 0.5) is 0 Å². The van der Waals surface area contributed by atoms with E-state index in [4.69, 9.17) is 0 Å². The van der Waals surface area contributed by atoms with Gasteiger partial charge in [0.1, 0.15) is 5.78 Å². The highest BCUT2D eigenvalue weighted by Gasteiger charge is 2.33. The molecule has 2 unspecified atom stereocenters. The van der Waals surface area contributed by atoms with Gasteiger partial charge in [0.05, 0.1) is 5.25 Å². The lowest BCUT2D eigenvalue weighted by atomic mass is 10.1. The third-order valence-corrected chi connectivity index (χ3v) is 5.83. The van der Waals surface area contributed by atoms with Gasteiger partial charge in [-0.15, -0.1) is 11.8 Å². The summed E-state index contributed by atoms with van der Waals surface area (Å²) < 4.78 is 0. The van der Waals surface area contributed by atoms with Crippen molar-refractivity contribution in [2.45, 2.75) is 36.7 Å². The van der Waals surface area contributed by atoms with Crippen LogP contribution in [0.25, 0.3) is 0 Å². The maximum Gasteiger partial charge on any atom is 0.147 e. The zero-order valence-electron chi connectivity index (χ0n) is 7.99. The quantitative estimate of drug-likeness (QED) is 0.722. The number of carbonyl (C=O) groups excluding carboxylic acids is 1. The lowest BCUT2D eigenvalue weighted by Gasteiger charge is -2.26. The monoisotopic (exact) mass is 216 g/mol. The molecule has 0 radical (unpaired) electrons. The van der Waals surface area contributed by atoms with Crippen molar-refractivity contribution < 1.29 is 4.79 Å². The lowest BCUT2D eigenvalue weighted by molar-refractivity contribution is -0.118. The van der Waals surface area contributed by atoms with E-state index in [1.807, 2.05) is 23.5 Å². The van der Waals surface area contributed by atoms with Crippen molar-refractivity contribution in [3.8, 4) is 0 Å². The molecule has 1 nitrogen and oxygen atoms in total. The molecule has 2 fully saturated rings. The fourth-order valence-electron chi connectivity index (χ4n) is 1.71. The van der Waals surface area contributed by atoms with E-state index in [0.29, 0.717) is 16.3 Å². The van der Waals surface area contributed by atoms with Crippen molar-refractivity contribution in [2.75, 3.05) is 11.5 Å². The van der Waals surface area contributed by atoms with Gasteiger partial charge in [0.25, 0.3) is 0 Å². The predicted molar refractivity (Wildman–Crippen MR) is 60.5 cm³/mol. The van der Waals surface area contributed by atoms with Gasteiger partial charge in [-0.25, -0.2) is 0 Å². The van der Waals surface area contributed by atoms with Crippen LogP contribution >= 0.6 is 23.5 Å². The molecule has 0 N–H and O–H groups in total. The summed E-state index contributed by atoms with van der Waals surface area (Å²) in [6.07, 6.45) is 3.46. The smallest absolute Gasteiger partial charge is 0.147 e. The first-order valence-electron chi connectivity index (χ1n) is 5.03. The van der Waals surface area contributed by atoms with E-state index >= 15 is 0 Å². The van der Waals surface area contributed by atoms with Crippen LogP contribution in [-0.4, -0.2) is 27.8 Å². The van der Waals surface area contributed by atoms with E-state index < -0.39 is 0 Å². The fraction of sp³-hybridized carbons (Fsp3) is 0.900. The standard InChI is InChI=1S/C10H16OS2/c1-7-10(13-5-4-12-7)9(11)6-8-2-3-8/h7-8,10H,2-6H2,1H3. The Hall–Kier alpha value is 0.370. The molecule has 0 amide bonds. The van der Waals surface area contributed by atoms with Crippen LogP contribution in [0.15, 0.2) is 0 Å². The molecule has 0 aromatic heterocycles. The fourth-order valence-corrected chi connectivity index (χ4v) is 4.46. The van der Waals surface area contributed by atoms with Gasteiger partial charge in [-0.3, -0.25) is 4.79 Å². The minimum atomic E-state index is 0.305. The van der Waals surface area contributed by atoms with Crippen molar-refractivity contribution in [1.29, 1.82) is 0 Å². The molecule has 0 aromatic rings. The lowest BCUT2D eigenvalue weighted by Crippen LogP contribution is -2.31. The molecule has 2 atom stereocenters. The van der Waals surface area contributed by atoms with E-state index in [2.05, 4.69) is 6.92 Å². The molecule has 13 heavy (non-hydrogen) atoms. The molecule has 74 valence electrons. The number of rotatable bonds is 3. The van der Waals surface area contributed by atoms with Crippen LogP contribution in [0, 0.1) is 5.92 Å². The zero-order chi connectivity index (χ0) is 9.26. The van der Waals surface area contributed by atoms with Gasteiger partial charge in [0, 0.05) is 23.2 Å². The van der Waals surface area contributed by atoms with Crippen LogP contribution < -0.4 is 0 Å². The average Bonchev–Trinajstić information content (AvgIpc) is 2.89. The molecule has 0 spiro atoms. The Balaban J connectivity index is 1.85. The van der Waals surface area contributed by atoms with Gasteiger partial charge in [-0.2, -0.15) is 11.8 Å². The molecule has 2 rings (SSSR count). The van der Waals surface area contributed by atoms with Crippen molar-refractivity contribution in [3.05, 3.63) is 0 Å². The SMILES string of the molecule is CC1SCCSC1C(=O)CC1CC1. The molecule has 0 aromatic carbocycles. The second-order valence-electron chi connectivity index (χ2n) is 3.98. The van der Waals surface area contributed by atoms with Gasteiger partial charge >= 0.3 is 0 Å². The highest BCUT2D eigenvalue weighted by atomic mass is 32.2. The van der Waals surface area contributed by atoms with Gasteiger partial charge in [0.2, 0.25) is 0 Å². The number of carbonyl (C=O) groups is 1. The minimum Gasteiger partial charge on any atom is -0.298 e. The zero-order valence-corrected chi connectivity index (χ0v) is 9.63. The van der Waals surface area contributed by atoms with Gasteiger partial charge in [-0.1, -0.05) is 6.92 Å². The molecular formula is C10H16OS2. The second-order valence-corrected chi connectivity index (χ2v) is 6.72. The van der Waals surface area contributed by atoms with Crippen LogP contribution in [0.2, 0.25) is 0 Å². The molecule has 1 aliphatic carbocycles. The van der Waals surface area contributed by atoms with E-state index in [1.165, 1.54) is 18.6 Å². The van der Waals surface area contributed by atoms with Crippen LogP contribution in [-0.2, 0) is 4.79 Å². The average molecular weight is 216 g/mol. The normalized spacial score (nSPS) is 34.5. The summed E-state index contributed by atoms with van der Waals surface area (Å²) in [6, 6.07) is 0. The minimum absolute atomic E-state index is 0.305. The summed E-state index contributed by atoms with van der Waals surface area (Å²) in [6.45, 7) is 2.20. The van der Waals surface area contributed by atoms with E-state index in [9.17, 15) is 4.79 Å². The maximum absolute atomic E-state index is 11.8. The molecule has 1 heterocycles. The molecule has 1 aliphatic heterocycles. The number of hydrogen-bond donors (Lipinski definition) is 0. The van der Waals surface area contributed by atoms with Gasteiger partial charge in [0.15, 0.2) is 0 Å². The Morgan fingerprint density at radius 2 is 2.00 bits per heavy atom. The Labute approximate surface area is 88.4 Å². The van der Waals surface area contributed by atoms with Crippen molar-refractivity contribution in [3.63, 3.8) is 0 Å². The second kappa shape index (κ2) is 4.26. The number of ketones is 1. The summed E-state index contributed by atoms with van der Waals surface area (Å²) in [5.74, 6) is 3.66. The van der Waals surface area contributed by atoms with Gasteiger partial charge < -0.3 is 0 Å². The van der Waals surface area contributed by atoms with E-state index in [0.717, 1.165) is 18.1 Å². The maximum atomic E-state index is 11.8. The third kappa shape index (κ3) is 2.66. The van der Waals surface area contributed by atoms with Gasteiger partial charge in [-0.05, 0) is 18.8 Å². The third-order valence-electron chi connectivity index (χ3n) is 2.69. The molecule has 0 bridgehead atoms. The Bertz CT molecular complexity index is 201. The number of Topliss-reactive ketones (excluding diaryl/α,β-unsaturated/α-hetero) is 1. The molecule has 3 heteroatoms. The summed E-state index contributed by atoms with van der Waals surface area (Å²) in [5, 5.41) is 0.851. The first-order valence-corrected chi connectivity index (χ1v) is 7.13. The van der Waals surface area contributed by atoms with E-state index in [1.54, 1.807) is 0 Å². The summed E-state index contributed by atoms with van der Waals surface area (Å²) >= 11 is 3.84. The largest absolute Gasteiger partial charge is 0.298 e. The number of hydrogen-bond acceptors (Lipinski definition) is 3. The summed E-state index contributed by atoms with van der Waals surface area (Å²) in [7, 11) is 0. The first-order chi connectivity index (χ1) is 6.27. The van der Waals surface area contributed by atoms with Crippen molar-refractivity contribution >= 4 is 29.3 Å². The highest BCUT2D eigenvalue weighted by molar-refractivity contribution is 8.07. The highest BCUT2D eigenvalue weighted by Crippen LogP contribution is 2.37. The van der Waals surface area contributed by atoms with Crippen LogP contribution in [0.5, 0.6) is 0 Å². The topological polar surface area (TPSA) is 17.1 Å². The molecule has 1 saturated carbocycles. The summed E-state index contributed by atoms with van der Waals surface area (Å²) in [5.41, 5.74) is 0. The van der Waals surface area contributed by atoms with Crippen LogP contribution in [0.1, 0.15) is 26.2 Å². The van der Waals surface area contributed by atoms with Crippen LogP contribution in [0.3, 0.4) is 0 Å². The Morgan fingerprint density at radius 1 is 1.31 bits per heavy atom. The predicted octanol–water partition coefficient (Wildman–Crippen LogP) is 2.59. The van der Waals surface area contributed by atoms with E-state index in [-0.39, 0.29) is 0 Å². The van der Waals surface area contributed by atoms with Crippen molar-refractivity contribution in [1.82, 2.24) is 0 Å². The first kappa shape index (κ1) is 9.91. The van der Waals surface area contributed by atoms with Crippen molar-refractivity contribution in [2.24, 2.45) is 5.92 Å². The Kier molecular flexibility index (Phi) is 3.25. The number of thioether (sulfide) groups is 2. The molecule has 2 aliphatic rings.